The predicted octanol–water partition coefficient (Wildman–Crippen LogP) is -0.164. The van der Waals surface area contributed by atoms with Crippen LogP contribution in [0.15, 0.2) is 62.7 Å². The molecule has 0 spiro atoms. The Morgan fingerprint density at radius 2 is 1.96 bits per heavy atom. The fourth-order valence-corrected chi connectivity index (χ4v) is 10.3. The molecule has 2 aliphatic carbocycles. The molecule has 0 aliphatic heterocycles. The number of nitrogens with zero attached hydrogens (tertiary/aromatic N) is 1. The topological polar surface area (TPSA) is 4.93 Å². The second-order valence-corrected chi connectivity index (χ2v) is 12.0. The predicted molar refractivity (Wildman–Crippen MR) is 91.4 cm³/mol. The third-order valence-electron chi connectivity index (χ3n) is 4.68. The number of rotatable bonds is 3. The molecule has 2 aliphatic rings. The molecule has 0 N–H and O–H groups in total. The maximum Gasteiger partial charge on any atom is -1.00 e. The van der Waals surface area contributed by atoms with Gasteiger partial charge in [-0.05, 0) is 0 Å². The number of halogens is 2. The second-order valence-electron chi connectivity index (χ2n) is 5.94. The summed E-state index contributed by atoms with van der Waals surface area (Å²) in [5.74, 6) is 4.51. The van der Waals surface area contributed by atoms with Gasteiger partial charge >= 0.3 is 145 Å². The molecule has 0 radical (unpaired) electrons. The van der Waals surface area contributed by atoms with Gasteiger partial charge in [-0.2, -0.15) is 0 Å². The zero-order valence-electron chi connectivity index (χ0n) is 13.6. The summed E-state index contributed by atoms with van der Waals surface area (Å²) in [6.45, 7) is 4.59. The molecule has 5 heteroatoms. The monoisotopic (exact) mass is 541 g/mol. The molecule has 0 bridgehead atoms. The molecule has 1 aromatic heterocycles. The van der Waals surface area contributed by atoms with Crippen molar-refractivity contribution in [2.24, 2.45) is 0 Å². The van der Waals surface area contributed by atoms with Gasteiger partial charge in [-0.1, -0.05) is 0 Å². The van der Waals surface area contributed by atoms with E-state index in [1.807, 2.05) is 0 Å². The second kappa shape index (κ2) is 8.32. The van der Waals surface area contributed by atoms with Crippen molar-refractivity contribution in [3.63, 3.8) is 0 Å². The molecule has 2 aromatic rings. The number of aromatic nitrogens is 1. The van der Waals surface area contributed by atoms with Crippen molar-refractivity contribution >= 4 is 20.0 Å². The first-order valence-corrected chi connectivity index (χ1v) is 12.6. The fourth-order valence-electron chi connectivity index (χ4n) is 3.24. The van der Waals surface area contributed by atoms with Crippen LogP contribution in [-0.4, -0.2) is 4.57 Å². The first kappa shape index (κ1) is 19.9. The molecule has 0 amide bonds. The van der Waals surface area contributed by atoms with Gasteiger partial charge in [-0.15, -0.1) is 0 Å². The normalized spacial score (nSPS) is 18.5. The van der Waals surface area contributed by atoms with Gasteiger partial charge in [0.1, 0.15) is 0 Å². The van der Waals surface area contributed by atoms with Crippen molar-refractivity contribution in [1.29, 1.82) is 0 Å². The van der Waals surface area contributed by atoms with Crippen LogP contribution >= 0.6 is 8.19 Å². The van der Waals surface area contributed by atoms with Gasteiger partial charge in [-0.25, -0.2) is 0 Å². The summed E-state index contributed by atoms with van der Waals surface area (Å²) in [5, 5.41) is 0. The Balaban J connectivity index is 0.00000104. The van der Waals surface area contributed by atoms with Gasteiger partial charge in [0.15, 0.2) is 0 Å². The molecule has 1 nitrogen and oxygen atoms in total. The van der Waals surface area contributed by atoms with Crippen molar-refractivity contribution in [3.8, 4) is 0 Å². The maximum atomic E-state index is 2.42. The minimum Gasteiger partial charge on any atom is -1.00 e. The first-order valence-electron chi connectivity index (χ1n) is 7.66. The largest absolute Gasteiger partial charge is 1.00 e. The van der Waals surface area contributed by atoms with Crippen LogP contribution in [0.25, 0.3) is 11.8 Å². The Kier molecular flexibility index (Phi) is 6.91. The Hall–Kier alpha value is -0.400. The summed E-state index contributed by atoms with van der Waals surface area (Å²) < 4.78 is 4.84. The molecule has 1 unspecified atom stereocenters. The molecule has 122 valence electrons. The molecule has 1 atom stereocenters. The minimum absolute atomic E-state index is 0. The Bertz CT molecular complexity index is 822. The van der Waals surface area contributed by atoms with E-state index in [2.05, 4.69) is 72.8 Å². The molecular weight excluding hydrogens is 523 g/mol. The van der Waals surface area contributed by atoms with Crippen LogP contribution in [0.5, 0.6) is 0 Å². The first-order chi connectivity index (χ1) is 10.7. The molecule has 0 saturated carbocycles. The van der Waals surface area contributed by atoms with Crippen LogP contribution in [0.2, 0.25) is 0 Å². The number of hydrogen-bond donors (Lipinski definition) is 0. The summed E-state index contributed by atoms with van der Waals surface area (Å²) >= 11 is -0.936. The molecular formula is C19H18Cl2HfNP. The quantitative estimate of drug-likeness (QED) is 0.477. The van der Waals surface area contributed by atoms with Crippen LogP contribution in [0.1, 0.15) is 35.1 Å². The fraction of sp³-hybridized carbons (Fsp3) is 0.211. The Morgan fingerprint density at radius 1 is 1.17 bits per heavy atom. The summed E-state index contributed by atoms with van der Waals surface area (Å²) in [4.78, 5) is 0. The van der Waals surface area contributed by atoms with Crippen molar-refractivity contribution in [2.45, 2.75) is 23.9 Å². The van der Waals surface area contributed by atoms with Crippen molar-refractivity contribution in [3.05, 3.63) is 73.9 Å². The summed E-state index contributed by atoms with van der Waals surface area (Å²) in [7, 11) is 1.30. The molecule has 1 aromatic carbocycles. The summed E-state index contributed by atoms with van der Waals surface area (Å²) in [6.07, 6.45) is 8.28. The van der Waals surface area contributed by atoms with E-state index in [1.165, 1.54) is 31.4 Å². The molecule has 0 fully saturated rings. The third kappa shape index (κ3) is 3.58. The Morgan fingerprint density at radius 3 is 2.62 bits per heavy atom. The van der Waals surface area contributed by atoms with Crippen molar-refractivity contribution in [1.82, 2.24) is 4.57 Å². The van der Waals surface area contributed by atoms with E-state index in [4.69, 9.17) is 0 Å². The molecule has 1 heterocycles. The van der Waals surface area contributed by atoms with Gasteiger partial charge in [0.05, 0.1) is 0 Å². The molecule has 24 heavy (non-hydrogen) atoms. The zero-order valence-corrected chi connectivity index (χ0v) is 19.6. The maximum absolute atomic E-state index is 2.42. The van der Waals surface area contributed by atoms with E-state index >= 15 is 0 Å². The number of hydrogen-bond acceptors (Lipinski definition) is 0. The van der Waals surface area contributed by atoms with Gasteiger partial charge in [0.25, 0.3) is 0 Å². The van der Waals surface area contributed by atoms with Crippen LogP contribution in [0.3, 0.4) is 0 Å². The Labute approximate surface area is 169 Å². The van der Waals surface area contributed by atoms with Crippen LogP contribution in [-0.2, 0) is 22.9 Å². The van der Waals surface area contributed by atoms with Gasteiger partial charge in [0.2, 0.25) is 0 Å². The smallest absolute Gasteiger partial charge is 1.00 e. The van der Waals surface area contributed by atoms with Crippen LogP contribution in [0.4, 0.5) is 0 Å². The van der Waals surface area contributed by atoms with E-state index in [0.717, 1.165) is 0 Å². The van der Waals surface area contributed by atoms with Crippen LogP contribution < -0.4 is 24.8 Å². The summed E-state index contributed by atoms with van der Waals surface area (Å²) in [5.41, 5.74) is 7.60. The molecule has 0 saturated heterocycles. The van der Waals surface area contributed by atoms with E-state index in [1.54, 1.807) is 14.5 Å². The van der Waals surface area contributed by atoms with Gasteiger partial charge in [0, 0.05) is 0 Å². The van der Waals surface area contributed by atoms with Crippen LogP contribution in [0, 0.1) is 0 Å². The van der Waals surface area contributed by atoms with Crippen molar-refractivity contribution < 1.29 is 47.7 Å². The summed E-state index contributed by atoms with van der Waals surface area (Å²) in [6, 6.07) is 8.98. The zero-order chi connectivity index (χ0) is 15.1. The van der Waals surface area contributed by atoms with E-state index < -0.39 is 22.9 Å². The number of fused-ring (bicyclic) bond motifs is 1. The van der Waals surface area contributed by atoms with Crippen molar-refractivity contribution in [2.75, 3.05) is 0 Å². The number of benzene rings is 1. The van der Waals surface area contributed by atoms with E-state index in [0.29, 0.717) is 3.67 Å². The average molecular weight is 541 g/mol. The number of allylic oxidation sites excluding steroid dienone is 5. The van der Waals surface area contributed by atoms with E-state index in [9.17, 15) is 0 Å². The minimum atomic E-state index is -0.936. The van der Waals surface area contributed by atoms with E-state index in [-0.39, 0.29) is 24.8 Å². The third-order valence-corrected chi connectivity index (χ3v) is 11.9. The average Bonchev–Trinajstić information content (AvgIpc) is 3.23. The standard InChI is InChI=1S/C12H9NP.C7H9.2ClH.Hf/c1-2-4-11-8-12(7-10(11)3-1)13-5-6-14-9-13;1-6-4-3-5-7(6)2;;;/h1-9H;4H,3H2,1-2H3;2*1H;/q;;;;+2/p-2. The SMILES string of the molecule is CC1=CC[C]([Hf+2][CH]2C(n3ccpc3)=Cc3ccccc32)=C1C.[Cl-].[Cl-]. The van der Waals surface area contributed by atoms with Gasteiger partial charge < -0.3 is 24.8 Å². The van der Waals surface area contributed by atoms with Gasteiger partial charge in [-0.3, -0.25) is 0 Å². The molecule has 4 rings (SSSR count).